The lowest BCUT2D eigenvalue weighted by atomic mass is 10.1. The number of ether oxygens (including phenoxy) is 3. The molecule has 0 radical (unpaired) electrons. The fourth-order valence-corrected chi connectivity index (χ4v) is 4.79. The first-order chi connectivity index (χ1) is 14.5. The molecule has 0 atom stereocenters. The van der Waals surface area contributed by atoms with Gasteiger partial charge < -0.3 is 19.1 Å². The van der Waals surface area contributed by atoms with E-state index in [1.54, 1.807) is 43.8 Å². The summed E-state index contributed by atoms with van der Waals surface area (Å²) in [5, 5.41) is 0.715. The number of methoxy groups -OCH3 is 2. The Morgan fingerprint density at radius 3 is 2.40 bits per heavy atom. The van der Waals surface area contributed by atoms with Crippen molar-refractivity contribution in [3.63, 3.8) is 0 Å². The Balaban J connectivity index is 1.40. The summed E-state index contributed by atoms with van der Waals surface area (Å²) in [6.07, 6.45) is 1.64. The van der Waals surface area contributed by atoms with Gasteiger partial charge in [0.1, 0.15) is 6.10 Å². The molecule has 3 aromatic rings. The number of aromatic nitrogens is 1. The van der Waals surface area contributed by atoms with Gasteiger partial charge in [-0.25, -0.2) is 4.98 Å². The summed E-state index contributed by atoms with van der Waals surface area (Å²) < 4.78 is 17.9. The molecule has 0 saturated carbocycles. The number of hydrogen-bond donors (Lipinski definition) is 0. The fourth-order valence-electron chi connectivity index (χ4n) is 3.76. The Morgan fingerprint density at radius 1 is 1.03 bits per heavy atom. The molecule has 1 fully saturated rings. The molecule has 1 aliphatic rings. The molecule has 4 rings (SSSR count). The Labute approximate surface area is 180 Å². The Hall–Kier alpha value is -2.80. The van der Waals surface area contributed by atoms with Crippen LogP contribution < -0.4 is 14.2 Å². The summed E-state index contributed by atoms with van der Waals surface area (Å²) in [6, 6.07) is 9.49. The van der Waals surface area contributed by atoms with Gasteiger partial charge in [0, 0.05) is 31.5 Å². The molecule has 30 heavy (non-hydrogen) atoms. The highest BCUT2D eigenvalue weighted by atomic mass is 32.1. The van der Waals surface area contributed by atoms with Crippen LogP contribution in [0.25, 0.3) is 10.2 Å². The maximum absolute atomic E-state index is 12.9. The minimum absolute atomic E-state index is 0.000592. The lowest BCUT2D eigenvalue weighted by Crippen LogP contribution is -2.41. The number of rotatable bonds is 5. The summed E-state index contributed by atoms with van der Waals surface area (Å²) in [4.78, 5) is 19.5. The summed E-state index contributed by atoms with van der Waals surface area (Å²) in [5.74, 6) is 1.17. The maximum atomic E-state index is 12.9. The number of fused-ring (bicyclic) bond motifs is 1. The van der Waals surface area contributed by atoms with E-state index in [1.165, 1.54) is 10.3 Å². The van der Waals surface area contributed by atoms with E-state index in [1.807, 2.05) is 4.90 Å². The van der Waals surface area contributed by atoms with Gasteiger partial charge in [0.25, 0.3) is 11.1 Å². The summed E-state index contributed by atoms with van der Waals surface area (Å²) in [5.41, 5.74) is 4.01. The van der Waals surface area contributed by atoms with Crippen LogP contribution in [0, 0.1) is 13.8 Å². The van der Waals surface area contributed by atoms with Gasteiger partial charge in [-0.3, -0.25) is 4.79 Å². The molecule has 1 aromatic heterocycles. The van der Waals surface area contributed by atoms with Crippen molar-refractivity contribution in [2.24, 2.45) is 0 Å². The van der Waals surface area contributed by atoms with E-state index in [0.717, 1.165) is 23.9 Å². The standard InChI is InChI=1S/C23H26N2O4S/c1-14-5-6-15(2)21-20(14)24-23(30-21)29-17-9-11-25(12-10-17)22(26)16-7-8-18(27-3)19(13-16)28-4/h5-8,13,17H,9-12H2,1-4H3. The van der Waals surface area contributed by atoms with E-state index in [0.29, 0.717) is 35.3 Å². The molecule has 0 bridgehead atoms. The van der Waals surface area contributed by atoms with Crippen LogP contribution >= 0.6 is 11.3 Å². The molecule has 0 spiro atoms. The van der Waals surface area contributed by atoms with Crippen LogP contribution in [-0.2, 0) is 0 Å². The third-order valence-electron chi connectivity index (χ3n) is 5.55. The van der Waals surface area contributed by atoms with Crippen LogP contribution in [0.15, 0.2) is 30.3 Å². The van der Waals surface area contributed by atoms with Crippen LogP contribution in [0.4, 0.5) is 0 Å². The monoisotopic (exact) mass is 426 g/mol. The Morgan fingerprint density at radius 2 is 1.73 bits per heavy atom. The predicted octanol–water partition coefficient (Wildman–Crippen LogP) is 4.61. The minimum atomic E-state index is 0.000592. The topological polar surface area (TPSA) is 60.9 Å². The normalized spacial score (nSPS) is 14.7. The highest BCUT2D eigenvalue weighted by molar-refractivity contribution is 7.20. The molecular formula is C23H26N2O4S. The zero-order chi connectivity index (χ0) is 21.3. The maximum Gasteiger partial charge on any atom is 0.274 e. The van der Waals surface area contributed by atoms with Crippen LogP contribution in [0.2, 0.25) is 0 Å². The number of nitrogens with zero attached hydrogens (tertiary/aromatic N) is 2. The number of amides is 1. The summed E-state index contributed by atoms with van der Waals surface area (Å²) >= 11 is 1.60. The highest BCUT2D eigenvalue weighted by Crippen LogP contribution is 2.34. The summed E-state index contributed by atoms with van der Waals surface area (Å²) in [6.45, 7) is 5.48. The number of carbonyl (C=O) groups is 1. The van der Waals surface area contributed by atoms with Gasteiger partial charge in [0.15, 0.2) is 11.5 Å². The lowest BCUT2D eigenvalue weighted by molar-refractivity contribution is 0.0595. The van der Waals surface area contributed by atoms with E-state index >= 15 is 0 Å². The largest absolute Gasteiger partial charge is 0.493 e. The first-order valence-corrected chi connectivity index (χ1v) is 10.9. The molecule has 6 nitrogen and oxygen atoms in total. The Bertz CT molecular complexity index is 1030. The molecule has 2 aromatic carbocycles. The van der Waals surface area contributed by atoms with Crippen molar-refractivity contribution in [1.82, 2.24) is 9.88 Å². The highest BCUT2D eigenvalue weighted by Gasteiger charge is 2.26. The van der Waals surface area contributed by atoms with Crippen molar-refractivity contribution in [2.45, 2.75) is 32.8 Å². The van der Waals surface area contributed by atoms with E-state index in [9.17, 15) is 4.79 Å². The number of benzene rings is 2. The van der Waals surface area contributed by atoms with Crippen molar-refractivity contribution in [3.05, 3.63) is 47.0 Å². The van der Waals surface area contributed by atoms with Crippen LogP contribution in [0.1, 0.15) is 34.3 Å². The van der Waals surface area contributed by atoms with Crippen LogP contribution in [0.5, 0.6) is 16.7 Å². The zero-order valence-corrected chi connectivity index (χ0v) is 18.5. The number of thiazole rings is 1. The molecule has 0 N–H and O–H groups in total. The van der Waals surface area contributed by atoms with Crippen molar-refractivity contribution in [3.8, 4) is 16.7 Å². The molecule has 0 unspecified atom stereocenters. The fraction of sp³-hybridized carbons (Fsp3) is 0.391. The van der Waals surface area contributed by atoms with Crippen LogP contribution in [-0.4, -0.2) is 49.2 Å². The summed E-state index contributed by atoms with van der Waals surface area (Å²) in [7, 11) is 3.15. The minimum Gasteiger partial charge on any atom is -0.493 e. The first-order valence-electron chi connectivity index (χ1n) is 10.0. The van der Waals surface area contributed by atoms with E-state index in [-0.39, 0.29) is 12.0 Å². The number of likely N-dealkylation sites (tertiary alicyclic amines) is 1. The van der Waals surface area contributed by atoms with Gasteiger partial charge in [-0.15, -0.1) is 0 Å². The average molecular weight is 427 g/mol. The number of carbonyl (C=O) groups excluding carboxylic acids is 1. The van der Waals surface area contributed by atoms with Gasteiger partial charge >= 0.3 is 0 Å². The first kappa shape index (κ1) is 20.5. The SMILES string of the molecule is COc1ccc(C(=O)N2CCC(Oc3nc4c(C)ccc(C)c4s3)CC2)cc1OC. The van der Waals surface area contributed by atoms with Crippen molar-refractivity contribution >= 4 is 27.5 Å². The van der Waals surface area contributed by atoms with Gasteiger partial charge in [-0.1, -0.05) is 23.5 Å². The number of hydrogen-bond acceptors (Lipinski definition) is 6. The van der Waals surface area contributed by atoms with E-state index in [4.69, 9.17) is 19.2 Å². The molecule has 158 valence electrons. The molecule has 1 amide bonds. The smallest absolute Gasteiger partial charge is 0.274 e. The van der Waals surface area contributed by atoms with Gasteiger partial charge in [0.2, 0.25) is 0 Å². The second-order valence-corrected chi connectivity index (χ2v) is 8.50. The molecular weight excluding hydrogens is 400 g/mol. The third kappa shape index (κ3) is 3.94. The van der Waals surface area contributed by atoms with E-state index < -0.39 is 0 Å². The zero-order valence-electron chi connectivity index (χ0n) is 17.7. The van der Waals surface area contributed by atoms with Crippen molar-refractivity contribution < 1.29 is 19.0 Å². The molecule has 2 heterocycles. The molecule has 0 aliphatic carbocycles. The van der Waals surface area contributed by atoms with Crippen molar-refractivity contribution in [1.29, 1.82) is 0 Å². The molecule has 1 aliphatic heterocycles. The number of aryl methyl sites for hydroxylation is 2. The molecule has 1 saturated heterocycles. The second kappa shape index (κ2) is 8.52. The molecule has 7 heteroatoms. The quantitative estimate of drug-likeness (QED) is 0.596. The Kier molecular flexibility index (Phi) is 5.81. The van der Waals surface area contributed by atoms with Gasteiger partial charge in [0.05, 0.1) is 24.4 Å². The van der Waals surface area contributed by atoms with Crippen molar-refractivity contribution in [2.75, 3.05) is 27.3 Å². The average Bonchev–Trinajstić information content (AvgIpc) is 3.21. The predicted molar refractivity (Wildman–Crippen MR) is 118 cm³/mol. The number of piperidine rings is 1. The van der Waals surface area contributed by atoms with E-state index in [2.05, 4.69) is 26.0 Å². The van der Waals surface area contributed by atoms with Gasteiger partial charge in [-0.05, 0) is 43.2 Å². The van der Waals surface area contributed by atoms with Crippen LogP contribution in [0.3, 0.4) is 0 Å². The van der Waals surface area contributed by atoms with Gasteiger partial charge in [-0.2, -0.15) is 0 Å². The third-order valence-corrected chi connectivity index (χ3v) is 6.63. The lowest BCUT2D eigenvalue weighted by Gasteiger charge is -2.31. The second-order valence-electron chi connectivity index (χ2n) is 7.54.